The monoisotopic (exact) mass is 459 g/mol. The number of nitrogens with zero attached hydrogens (tertiary/aromatic N) is 1. The van der Waals surface area contributed by atoms with E-state index in [1.54, 1.807) is 44.6 Å². The second-order valence-corrected chi connectivity index (χ2v) is 7.90. The number of benzene rings is 2. The van der Waals surface area contributed by atoms with Crippen LogP contribution < -0.4 is 20.1 Å². The first-order chi connectivity index (χ1) is 14.9. The SMILES string of the molecule is COc1ccc(OC)c(-c2csc(NC(=O)C[C@@H](NC(C)=O)c3ccccc3Cl)n2)c1. The summed E-state index contributed by atoms with van der Waals surface area (Å²) < 4.78 is 10.7. The summed E-state index contributed by atoms with van der Waals surface area (Å²) in [5, 5.41) is 8.32. The highest BCUT2D eigenvalue weighted by Gasteiger charge is 2.20. The van der Waals surface area contributed by atoms with E-state index >= 15 is 0 Å². The molecule has 2 N–H and O–H groups in total. The Labute approximate surface area is 189 Å². The van der Waals surface area contributed by atoms with Crippen LogP contribution in [0.3, 0.4) is 0 Å². The number of rotatable bonds is 8. The topological polar surface area (TPSA) is 89.5 Å². The molecule has 3 rings (SSSR count). The van der Waals surface area contributed by atoms with Gasteiger partial charge in [-0.15, -0.1) is 11.3 Å². The maximum atomic E-state index is 12.7. The quantitative estimate of drug-likeness (QED) is 0.510. The molecule has 1 heterocycles. The van der Waals surface area contributed by atoms with Crippen molar-refractivity contribution < 1.29 is 19.1 Å². The van der Waals surface area contributed by atoms with E-state index in [9.17, 15) is 9.59 Å². The van der Waals surface area contributed by atoms with Crippen LogP contribution >= 0.6 is 22.9 Å². The third-order valence-electron chi connectivity index (χ3n) is 4.48. The second-order valence-electron chi connectivity index (χ2n) is 6.63. The molecule has 31 heavy (non-hydrogen) atoms. The minimum absolute atomic E-state index is 0.0146. The van der Waals surface area contributed by atoms with Crippen LogP contribution in [0.5, 0.6) is 11.5 Å². The largest absolute Gasteiger partial charge is 0.497 e. The van der Waals surface area contributed by atoms with Crippen LogP contribution in [0.4, 0.5) is 5.13 Å². The fraction of sp³-hybridized carbons (Fsp3) is 0.227. The standard InChI is InChI=1S/C22H22ClN3O4S/c1-13(27)24-18(15-6-4-5-7-17(15)23)11-21(28)26-22-25-19(12-31-22)16-10-14(29-2)8-9-20(16)30-3/h4-10,12,18H,11H2,1-3H3,(H,24,27)(H,25,26,28)/t18-/m1/s1. The molecule has 0 unspecified atom stereocenters. The van der Waals surface area contributed by atoms with Gasteiger partial charge in [-0.25, -0.2) is 4.98 Å². The molecule has 0 saturated carbocycles. The first-order valence-corrected chi connectivity index (χ1v) is 10.7. The van der Waals surface area contributed by atoms with E-state index in [-0.39, 0.29) is 18.2 Å². The molecule has 2 amide bonds. The minimum Gasteiger partial charge on any atom is -0.497 e. The van der Waals surface area contributed by atoms with E-state index in [1.165, 1.54) is 18.3 Å². The Balaban J connectivity index is 1.76. The molecule has 0 bridgehead atoms. The lowest BCUT2D eigenvalue weighted by atomic mass is 10.0. The Hall–Kier alpha value is -3.10. The summed E-state index contributed by atoms with van der Waals surface area (Å²) in [5.41, 5.74) is 2.09. The molecule has 0 aliphatic heterocycles. The van der Waals surface area contributed by atoms with Gasteiger partial charge < -0.3 is 20.1 Å². The van der Waals surface area contributed by atoms with Gasteiger partial charge in [0.05, 0.1) is 32.4 Å². The molecule has 162 valence electrons. The van der Waals surface area contributed by atoms with Crippen LogP contribution in [-0.4, -0.2) is 31.0 Å². The number of halogens is 1. The van der Waals surface area contributed by atoms with Gasteiger partial charge in [0, 0.05) is 22.9 Å². The number of thiazole rings is 1. The zero-order valence-corrected chi connectivity index (χ0v) is 18.8. The van der Waals surface area contributed by atoms with Crippen LogP contribution in [-0.2, 0) is 9.59 Å². The van der Waals surface area contributed by atoms with Crippen molar-refractivity contribution in [2.75, 3.05) is 19.5 Å². The van der Waals surface area contributed by atoms with Crippen LogP contribution in [0.15, 0.2) is 47.8 Å². The number of hydrogen-bond donors (Lipinski definition) is 2. The number of nitrogens with one attached hydrogen (secondary N) is 2. The number of ether oxygens (including phenoxy) is 2. The minimum atomic E-state index is -0.552. The fourth-order valence-electron chi connectivity index (χ4n) is 3.07. The zero-order valence-electron chi connectivity index (χ0n) is 17.3. The second kappa shape index (κ2) is 10.3. The van der Waals surface area contributed by atoms with E-state index in [2.05, 4.69) is 15.6 Å². The fourth-order valence-corrected chi connectivity index (χ4v) is 4.06. The number of hydrogen-bond acceptors (Lipinski definition) is 6. The van der Waals surface area contributed by atoms with Gasteiger partial charge in [0.15, 0.2) is 5.13 Å². The molecule has 3 aromatic rings. The molecule has 0 aliphatic carbocycles. The van der Waals surface area contributed by atoms with Crippen molar-refractivity contribution in [3.05, 3.63) is 58.4 Å². The molecule has 0 saturated heterocycles. The van der Waals surface area contributed by atoms with Crippen molar-refractivity contribution in [3.63, 3.8) is 0 Å². The summed E-state index contributed by atoms with van der Waals surface area (Å²) in [7, 11) is 3.17. The average Bonchev–Trinajstić information content (AvgIpc) is 3.21. The van der Waals surface area contributed by atoms with Gasteiger partial charge in [0.2, 0.25) is 11.8 Å². The van der Waals surface area contributed by atoms with Crippen molar-refractivity contribution in [3.8, 4) is 22.8 Å². The van der Waals surface area contributed by atoms with Crippen LogP contribution in [0, 0.1) is 0 Å². The number of carbonyl (C=O) groups excluding carboxylic acids is 2. The Bertz CT molecular complexity index is 1090. The van der Waals surface area contributed by atoms with E-state index in [1.807, 2.05) is 17.5 Å². The first-order valence-electron chi connectivity index (χ1n) is 9.40. The van der Waals surface area contributed by atoms with Gasteiger partial charge >= 0.3 is 0 Å². The zero-order chi connectivity index (χ0) is 22.4. The van der Waals surface area contributed by atoms with Gasteiger partial charge in [0.1, 0.15) is 11.5 Å². The highest BCUT2D eigenvalue weighted by Crippen LogP contribution is 2.35. The van der Waals surface area contributed by atoms with E-state index in [4.69, 9.17) is 21.1 Å². The first kappa shape index (κ1) is 22.6. The van der Waals surface area contributed by atoms with Gasteiger partial charge in [-0.3, -0.25) is 9.59 Å². The Morgan fingerprint density at radius 3 is 2.61 bits per heavy atom. The third-order valence-corrected chi connectivity index (χ3v) is 5.58. The lowest BCUT2D eigenvalue weighted by Crippen LogP contribution is -2.30. The van der Waals surface area contributed by atoms with E-state index in [0.717, 1.165) is 5.56 Å². The van der Waals surface area contributed by atoms with Crippen LogP contribution in [0.25, 0.3) is 11.3 Å². The number of carbonyl (C=O) groups is 2. The molecule has 1 atom stereocenters. The number of anilines is 1. The molecule has 0 radical (unpaired) electrons. The van der Waals surface area contributed by atoms with Gasteiger partial charge in [-0.05, 0) is 29.8 Å². The predicted molar refractivity (Wildman–Crippen MR) is 122 cm³/mol. The summed E-state index contributed by atoms with van der Waals surface area (Å²) in [6, 6.07) is 12.0. The summed E-state index contributed by atoms with van der Waals surface area (Å²) in [6.07, 6.45) is 0.0146. The Kier molecular flexibility index (Phi) is 7.49. The average molecular weight is 460 g/mol. The number of methoxy groups -OCH3 is 2. The maximum Gasteiger partial charge on any atom is 0.228 e. The lowest BCUT2D eigenvalue weighted by molar-refractivity contribution is -0.120. The van der Waals surface area contributed by atoms with Gasteiger partial charge in [-0.1, -0.05) is 29.8 Å². The summed E-state index contributed by atoms with van der Waals surface area (Å²) in [4.78, 5) is 28.8. The molecule has 2 aromatic carbocycles. The summed E-state index contributed by atoms with van der Waals surface area (Å²) >= 11 is 7.55. The smallest absolute Gasteiger partial charge is 0.228 e. The van der Waals surface area contributed by atoms with Crippen molar-refractivity contribution >= 4 is 39.9 Å². The molecule has 1 aromatic heterocycles. The highest BCUT2D eigenvalue weighted by molar-refractivity contribution is 7.14. The number of amides is 2. The molecule has 9 heteroatoms. The maximum absolute atomic E-state index is 12.7. The van der Waals surface area contributed by atoms with Crippen LogP contribution in [0.2, 0.25) is 5.02 Å². The van der Waals surface area contributed by atoms with Gasteiger partial charge in [-0.2, -0.15) is 0 Å². The molecular weight excluding hydrogens is 438 g/mol. The normalized spacial score (nSPS) is 11.5. The summed E-state index contributed by atoms with van der Waals surface area (Å²) in [6.45, 7) is 1.40. The lowest BCUT2D eigenvalue weighted by Gasteiger charge is -2.18. The van der Waals surface area contributed by atoms with Crippen molar-refractivity contribution in [2.24, 2.45) is 0 Å². The molecule has 0 spiro atoms. The number of aromatic nitrogens is 1. The molecule has 0 fully saturated rings. The third kappa shape index (κ3) is 5.74. The van der Waals surface area contributed by atoms with Gasteiger partial charge in [0.25, 0.3) is 0 Å². The highest BCUT2D eigenvalue weighted by atomic mass is 35.5. The van der Waals surface area contributed by atoms with E-state index in [0.29, 0.717) is 32.9 Å². The molecule has 7 nitrogen and oxygen atoms in total. The van der Waals surface area contributed by atoms with Crippen LogP contribution in [0.1, 0.15) is 24.9 Å². The van der Waals surface area contributed by atoms with Crippen molar-refractivity contribution in [2.45, 2.75) is 19.4 Å². The Morgan fingerprint density at radius 2 is 1.94 bits per heavy atom. The summed E-state index contributed by atoms with van der Waals surface area (Å²) in [5.74, 6) is 0.775. The Morgan fingerprint density at radius 1 is 1.16 bits per heavy atom. The molecule has 0 aliphatic rings. The molecular formula is C22H22ClN3O4S. The van der Waals surface area contributed by atoms with Crippen molar-refractivity contribution in [1.29, 1.82) is 0 Å². The van der Waals surface area contributed by atoms with Crippen molar-refractivity contribution in [1.82, 2.24) is 10.3 Å². The predicted octanol–water partition coefficient (Wildman–Crippen LogP) is 4.69. The van der Waals surface area contributed by atoms with E-state index < -0.39 is 6.04 Å².